The molecule has 0 spiro atoms. The van der Waals surface area contributed by atoms with Crippen LogP contribution in [-0.4, -0.2) is 16.6 Å². The van der Waals surface area contributed by atoms with Crippen molar-refractivity contribution in [1.29, 1.82) is 0 Å². The molecule has 2 rings (SSSR count). The third-order valence-corrected chi connectivity index (χ3v) is 3.52. The molecule has 86 valence electrons. The summed E-state index contributed by atoms with van der Waals surface area (Å²) >= 11 is 1.90. The van der Waals surface area contributed by atoms with Gasteiger partial charge in [-0.3, -0.25) is 0 Å². The van der Waals surface area contributed by atoms with Gasteiger partial charge in [0.05, 0.1) is 0 Å². The Morgan fingerprint density at radius 1 is 1.31 bits per heavy atom. The molecule has 2 aromatic rings. The smallest absolute Gasteiger partial charge is 0.0483 e. The van der Waals surface area contributed by atoms with Crippen LogP contribution in [0.2, 0.25) is 0 Å². The number of aromatic nitrogens is 1. The second-order valence-electron chi connectivity index (χ2n) is 3.95. The molecule has 0 fully saturated rings. The van der Waals surface area contributed by atoms with E-state index in [4.69, 9.17) is 5.73 Å². The number of fused-ring (bicyclic) bond motifs is 1. The van der Waals surface area contributed by atoms with Crippen LogP contribution in [0.1, 0.15) is 12.0 Å². The number of nitrogens with zero attached hydrogens (tertiary/aromatic N) is 1. The van der Waals surface area contributed by atoms with Crippen LogP contribution in [0.25, 0.3) is 10.9 Å². The molecule has 0 bridgehead atoms. The van der Waals surface area contributed by atoms with E-state index in [0.29, 0.717) is 6.54 Å². The maximum absolute atomic E-state index is 5.67. The number of hydrogen-bond acceptors (Lipinski definition) is 2. The lowest BCUT2D eigenvalue weighted by atomic mass is 10.1. The van der Waals surface area contributed by atoms with E-state index in [1.165, 1.54) is 28.6 Å². The molecule has 0 saturated carbocycles. The van der Waals surface area contributed by atoms with Crippen molar-refractivity contribution in [2.75, 3.05) is 12.0 Å². The van der Waals surface area contributed by atoms with Gasteiger partial charge in [0, 0.05) is 24.8 Å². The highest BCUT2D eigenvalue weighted by Crippen LogP contribution is 2.18. The van der Waals surface area contributed by atoms with Gasteiger partial charge in [-0.15, -0.1) is 0 Å². The molecule has 16 heavy (non-hydrogen) atoms. The standard InChI is InChI=1S/C13H18N2S/c1-16-8-2-6-15-7-5-12-4-3-11(10-14)9-13(12)15/h3-5,7,9H,2,6,8,10,14H2,1H3. The Morgan fingerprint density at radius 2 is 2.19 bits per heavy atom. The maximum Gasteiger partial charge on any atom is 0.0483 e. The lowest BCUT2D eigenvalue weighted by Gasteiger charge is -2.05. The van der Waals surface area contributed by atoms with E-state index in [1.54, 1.807) is 0 Å². The van der Waals surface area contributed by atoms with E-state index in [2.05, 4.69) is 41.3 Å². The van der Waals surface area contributed by atoms with Crippen LogP contribution in [0.3, 0.4) is 0 Å². The minimum absolute atomic E-state index is 0.617. The van der Waals surface area contributed by atoms with Gasteiger partial charge in [0.1, 0.15) is 0 Å². The molecule has 2 N–H and O–H groups in total. The van der Waals surface area contributed by atoms with Crippen LogP contribution in [-0.2, 0) is 13.1 Å². The van der Waals surface area contributed by atoms with Crippen LogP contribution in [0.4, 0.5) is 0 Å². The molecule has 0 amide bonds. The second-order valence-corrected chi connectivity index (χ2v) is 4.94. The summed E-state index contributed by atoms with van der Waals surface area (Å²) in [6.07, 6.45) is 5.55. The van der Waals surface area contributed by atoms with Crippen molar-refractivity contribution in [3.63, 3.8) is 0 Å². The van der Waals surface area contributed by atoms with Gasteiger partial charge in [0.2, 0.25) is 0 Å². The van der Waals surface area contributed by atoms with Crippen molar-refractivity contribution in [1.82, 2.24) is 4.57 Å². The minimum Gasteiger partial charge on any atom is -0.347 e. The van der Waals surface area contributed by atoms with Crippen molar-refractivity contribution < 1.29 is 0 Å². The van der Waals surface area contributed by atoms with Gasteiger partial charge in [-0.05, 0) is 41.5 Å². The van der Waals surface area contributed by atoms with Gasteiger partial charge < -0.3 is 10.3 Å². The summed E-state index contributed by atoms with van der Waals surface area (Å²) in [5.74, 6) is 1.22. The third-order valence-electron chi connectivity index (χ3n) is 2.82. The van der Waals surface area contributed by atoms with E-state index in [-0.39, 0.29) is 0 Å². The topological polar surface area (TPSA) is 30.9 Å². The molecule has 0 unspecified atom stereocenters. The highest BCUT2D eigenvalue weighted by Gasteiger charge is 2.01. The third kappa shape index (κ3) is 2.42. The Labute approximate surface area is 101 Å². The summed E-state index contributed by atoms with van der Waals surface area (Å²) in [4.78, 5) is 0. The fourth-order valence-corrected chi connectivity index (χ4v) is 2.35. The van der Waals surface area contributed by atoms with Gasteiger partial charge in [0.15, 0.2) is 0 Å². The van der Waals surface area contributed by atoms with E-state index < -0.39 is 0 Å². The Kier molecular flexibility index (Phi) is 3.91. The van der Waals surface area contributed by atoms with Gasteiger partial charge in [-0.25, -0.2) is 0 Å². The summed E-state index contributed by atoms with van der Waals surface area (Å²) < 4.78 is 2.32. The van der Waals surface area contributed by atoms with E-state index in [0.717, 1.165) is 6.54 Å². The number of aryl methyl sites for hydroxylation is 1. The van der Waals surface area contributed by atoms with Crippen LogP contribution in [0.15, 0.2) is 30.5 Å². The van der Waals surface area contributed by atoms with Crippen LogP contribution >= 0.6 is 11.8 Å². The fourth-order valence-electron chi connectivity index (χ4n) is 1.93. The first-order valence-electron chi connectivity index (χ1n) is 5.62. The summed E-state index contributed by atoms with van der Waals surface area (Å²) in [6.45, 7) is 1.71. The molecule has 0 aliphatic carbocycles. The van der Waals surface area contributed by atoms with Gasteiger partial charge in [-0.1, -0.05) is 12.1 Å². The van der Waals surface area contributed by atoms with Gasteiger partial charge in [0.25, 0.3) is 0 Å². The molecular formula is C13H18N2S. The number of rotatable bonds is 5. The average Bonchev–Trinajstić information content (AvgIpc) is 2.72. The van der Waals surface area contributed by atoms with Crippen LogP contribution in [0, 0.1) is 0 Å². The van der Waals surface area contributed by atoms with Crippen LogP contribution in [0.5, 0.6) is 0 Å². The molecule has 1 aromatic carbocycles. The molecule has 0 aliphatic rings. The number of nitrogens with two attached hydrogens (primary N) is 1. The molecule has 1 heterocycles. The normalized spacial score (nSPS) is 11.1. The lowest BCUT2D eigenvalue weighted by Crippen LogP contribution is -1.99. The SMILES string of the molecule is CSCCCn1ccc2ccc(CN)cc21. The van der Waals surface area contributed by atoms with Gasteiger partial charge >= 0.3 is 0 Å². The molecule has 0 radical (unpaired) electrons. The van der Waals surface area contributed by atoms with Crippen molar-refractivity contribution in [2.24, 2.45) is 5.73 Å². The molecular weight excluding hydrogens is 216 g/mol. The summed E-state index contributed by atoms with van der Waals surface area (Å²) in [6, 6.07) is 8.64. The van der Waals surface area contributed by atoms with Crippen molar-refractivity contribution >= 4 is 22.7 Å². The fraction of sp³-hybridized carbons (Fsp3) is 0.385. The van der Waals surface area contributed by atoms with E-state index in [9.17, 15) is 0 Å². The highest BCUT2D eigenvalue weighted by molar-refractivity contribution is 7.98. The zero-order valence-corrected chi connectivity index (χ0v) is 10.5. The Balaban J connectivity index is 2.24. The molecule has 0 aliphatic heterocycles. The highest BCUT2D eigenvalue weighted by atomic mass is 32.2. The van der Waals surface area contributed by atoms with Crippen LogP contribution < -0.4 is 5.73 Å². The summed E-state index contributed by atoms with van der Waals surface area (Å²) in [7, 11) is 0. The monoisotopic (exact) mass is 234 g/mol. The molecule has 3 heteroatoms. The first kappa shape index (κ1) is 11.6. The maximum atomic E-state index is 5.67. The number of benzene rings is 1. The van der Waals surface area contributed by atoms with Crippen molar-refractivity contribution in [3.8, 4) is 0 Å². The van der Waals surface area contributed by atoms with E-state index >= 15 is 0 Å². The summed E-state index contributed by atoms with van der Waals surface area (Å²) in [5.41, 5.74) is 8.18. The largest absolute Gasteiger partial charge is 0.347 e. The zero-order valence-electron chi connectivity index (χ0n) is 9.65. The second kappa shape index (κ2) is 5.41. The predicted octanol–water partition coefficient (Wildman–Crippen LogP) is 2.85. The zero-order chi connectivity index (χ0) is 11.4. The van der Waals surface area contributed by atoms with Crippen molar-refractivity contribution in [2.45, 2.75) is 19.5 Å². The predicted molar refractivity (Wildman–Crippen MR) is 72.8 cm³/mol. The number of thioether (sulfide) groups is 1. The minimum atomic E-state index is 0.617. The molecule has 1 aromatic heterocycles. The number of hydrogen-bond donors (Lipinski definition) is 1. The first-order chi connectivity index (χ1) is 7.85. The van der Waals surface area contributed by atoms with E-state index in [1.807, 2.05) is 11.8 Å². The Hall–Kier alpha value is -0.930. The summed E-state index contributed by atoms with van der Waals surface area (Å²) in [5, 5.41) is 1.31. The lowest BCUT2D eigenvalue weighted by molar-refractivity contribution is 0.709. The first-order valence-corrected chi connectivity index (χ1v) is 7.01. The average molecular weight is 234 g/mol. The van der Waals surface area contributed by atoms with Gasteiger partial charge in [-0.2, -0.15) is 11.8 Å². The Morgan fingerprint density at radius 3 is 2.94 bits per heavy atom. The molecule has 0 saturated heterocycles. The molecule has 0 atom stereocenters. The molecule has 2 nitrogen and oxygen atoms in total. The Bertz CT molecular complexity index is 462. The quantitative estimate of drug-likeness (QED) is 0.806. The van der Waals surface area contributed by atoms with Crippen molar-refractivity contribution in [3.05, 3.63) is 36.0 Å².